The van der Waals surface area contributed by atoms with Gasteiger partial charge in [-0.1, -0.05) is 0 Å². The van der Waals surface area contributed by atoms with E-state index in [9.17, 15) is 4.79 Å². The lowest BCUT2D eigenvalue weighted by molar-refractivity contribution is -0.137. The van der Waals surface area contributed by atoms with Gasteiger partial charge in [-0.15, -0.1) is 0 Å². The molecule has 0 spiro atoms. The van der Waals surface area contributed by atoms with Gasteiger partial charge in [-0.05, 0) is 12.2 Å². The monoisotopic (exact) mass is 202 g/mol. The van der Waals surface area contributed by atoms with E-state index in [0.717, 1.165) is 0 Å². The van der Waals surface area contributed by atoms with Crippen LogP contribution in [0.1, 0.15) is 6.42 Å². The highest BCUT2D eigenvalue weighted by atomic mass is 32.1. The highest BCUT2D eigenvalue weighted by Gasteiger charge is 2.11. The molecule has 0 amide bonds. The third-order valence-electron chi connectivity index (χ3n) is 1.23. The lowest BCUT2D eigenvalue weighted by Gasteiger charge is -2.20. The maximum absolute atomic E-state index is 10.3. The number of nitrogens with zero attached hydrogens (tertiary/aromatic N) is 2. The van der Waals surface area contributed by atoms with E-state index in [-0.39, 0.29) is 24.6 Å². The molecule has 0 atom stereocenters. The second-order valence-electron chi connectivity index (χ2n) is 2.17. The SMILES string of the molecule is N#CCCN(CC(=O)O)C(=S)NN. The number of rotatable bonds is 4. The van der Waals surface area contributed by atoms with Gasteiger partial charge in [-0.25, -0.2) is 5.84 Å². The van der Waals surface area contributed by atoms with Gasteiger partial charge < -0.3 is 15.4 Å². The summed E-state index contributed by atoms with van der Waals surface area (Å²) in [5, 5.41) is 16.9. The molecule has 7 heteroatoms. The summed E-state index contributed by atoms with van der Waals surface area (Å²) in [7, 11) is 0. The lowest BCUT2D eigenvalue weighted by atomic mass is 10.4. The molecular formula is C6H10N4O2S. The zero-order valence-electron chi connectivity index (χ0n) is 6.86. The number of nitrogens with one attached hydrogen (secondary N) is 1. The van der Waals surface area contributed by atoms with Crippen molar-refractivity contribution in [2.45, 2.75) is 6.42 Å². The largest absolute Gasteiger partial charge is 0.480 e. The van der Waals surface area contributed by atoms with Gasteiger partial charge in [-0.2, -0.15) is 5.26 Å². The molecule has 13 heavy (non-hydrogen) atoms. The molecule has 0 aliphatic carbocycles. The van der Waals surface area contributed by atoms with Crippen LogP contribution in [0.3, 0.4) is 0 Å². The Kier molecular flexibility index (Phi) is 5.50. The highest BCUT2D eigenvalue weighted by Crippen LogP contribution is 1.91. The van der Waals surface area contributed by atoms with Gasteiger partial charge in [0.05, 0.1) is 12.5 Å². The molecule has 0 saturated carbocycles. The molecule has 0 saturated heterocycles. The van der Waals surface area contributed by atoms with Crippen molar-refractivity contribution >= 4 is 23.3 Å². The number of hydrogen-bond donors (Lipinski definition) is 3. The van der Waals surface area contributed by atoms with Crippen molar-refractivity contribution in [3.63, 3.8) is 0 Å². The van der Waals surface area contributed by atoms with E-state index in [1.807, 2.05) is 6.07 Å². The number of carbonyl (C=O) groups is 1. The van der Waals surface area contributed by atoms with Crippen LogP contribution in [0.2, 0.25) is 0 Å². The van der Waals surface area contributed by atoms with Crippen LogP contribution in [0.4, 0.5) is 0 Å². The molecule has 0 fully saturated rings. The summed E-state index contributed by atoms with van der Waals surface area (Å²) in [4.78, 5) is 11.6. The van der Waals surface area contributed by atoms with Gasteiger partial charge in [0.2, 0.25) is 0 Å². The van der Waals surface area contributed by atoms with Crippen molar-refractivity contribution in [2.24, 2.45) is 5.84 Å². The first-order valence-corrected chi connectivity index (χ1v) is 3.87. The van der Waals surface area contributed by atoms with Gasteiger partial charge in [0.1, 0.15) is 6.54 Å². The first kappa shape index (κ1) is 11.6. The molecular weight excluding hydrogens is 192 g/mol. The Morgan fingerprint density at radius 3 is 2.77 bits per heavy atom. The molecule has 0 aliphatic heterocycles. The van der Waals surface area contributed by atoms with E-state index in [4.69, 9.17) is 28.4 Å². The van der Waals surface area contributed by atoms with Gasteiger partial charge in [-0.3, -0.25) is 4.79 Å². The smallest absolute Gasteiger partial charge is 0.323 e. The third-order valence-corrected chi connectivity index (χ3v) is 1.61. The molecule has 0 aromatic carbocycles. The number of nitriles is 1. The summed E-state index contributed by atoms with van der Waals surface area (Å²) in [6.07, 6.45) is 0.203. The molecule has 4 N–H and O–H groups in total. The summed E-state index contributed by atoms with van der Waals surface area (Å²) in [5.41, 5.74) is 2.16. The zero-order valence-corrected chi connectivity index (χ0v) is 7.67. The fraction of sp³-hybridized carbons (Fsp3) is 0.500. The maximum atomic E-state index is 10.3. The molecule has 0 rings (SSSR count). The summed E-state index contributed by atoms with van der Waals surface area (Å²) in [6, 6.07) is 1.89. The second-order valence-corrected chi connectivity index (χ2v) is 2.56. The minimum absolute atomic E-state index is 0.123. The Balaban J connectivity index is 4.11. The number of thiocarbonyl (C=S) groups is 1. The molecule has 0 aliphatic rings. The highest BCUT2D eigenvalue weighted by molar-refractivity contribution is 7.80. The zero-order chi connectivity index (χ0) is 10.3. The number of carboxylic acid groups (broad SMARTS) is 1. The van der Waals surface area contributed by atoms with E-state index >= 15 is 0 Å². The molecule has 0 aromatic heterocycles. The van der Waals surface area contributed by atoms with Crippen LogP contribution in [0, 0.1) is 11.3 Å². The Hall–Kier alpha value is -1.39. The minimum Gasteiger partial charge on any atom is -0.480 e. The maximum Gasteiger partial charge on any atom is 0.323 e. The number of hydrazine groups is 1. The van der Waals surface area contributed by atoms with E-state index in [2.05, 4.69) is 5.43 Å². The molecule has 0 radical (unpaired) electrons. The standard InChI is InChI=1S/C6H10N4O2S/c7-2-1-3-10(4-5(11)12)6(13)9-8/h1,3-4,8H2,(H,9,13)(H,11,12). The molecule has 0 unspecified atom stereocenters. The molecule has 0 bridgehead atoms. The third kappa shape index (κ3) is 4.95. The van der Waals surface area contributed by atoms with E-state index in [1.165, 1.54) is 4.90 Å². The molecule has 72 valence electrons. The summed E-state index contributed by atoms with van der Waals surface area (Å²) < 4.78 is 0. The van der Waals surface area contributed by atoms with Crippen molar-refractivity contribution in [1.29, 1.82) is 5.26 Å². The second kappa shape index (κ2) is 6.16. The summed E-state index contributed by atoms with van der Waals surface area (Å²) in [6.45, 7) is -0.00343. The minimum atomic E-state index is -1.02. The Labute approximate surface area is 80.9 Å². The normalized spacial score (nSPS) is 8.62. The Morgan fingerprint density at radius 2 is 2.38 bits per heavy atom. The fourth-order valence-corrected chi connectivity index (χ4v) is 0.848. The van der Waals surface area contributed by atoms with E-state index in [1.54, 1.807) is 0 Å². The topological polar surface area (TPSA) is 102 Å². The number of nitrogens with two attached hydrogens (primary N) is 1. The van der Waals surface area contributed by atoms with Crippen molar-refractivity contribution < 1.29 is 9.90 Å². The Morgan fingerprint density at radius 1 is 1.77 bits per heavy atom. The predicted octanol–water partition coefficient (Wildman–Crippen LogP) is -0.965. The number of aliphatic carboxylic acids is 1. The summed E-state index contributed by atoms with van der Waals surface area (Å²) in [5.74, 6) is 3.99. The van der Waals surface area contributed by atoms with Gasteiger partial charge in [0, 0.05) is 6.54 Å². The number of carboxylic acids is 1. The van der Waals surface area contributed by atoms with Crippen LogP contribution in [-0.4, -0.2) is 34.2 Å². The van der Waals surface area contributed by atoms with E-state index < -0.39 is 5.97 Å². The fourth-order valence-electron chi connectivity index (χ4n) is 0.692. The van der Waals surface area contributed by atoms with Crippen LogP contribution in [0.15, 0.2) is 0 Å². The quantitative estimate of drug-likeness (QED) is 0.306. The van der Waals surface area contributed by atoms with Crippen molar-refractivity contribution in [2.75, 3.05) is 13.1 Å². The van der Waals surface area contributed by atoms with Gasteiger partial charge in [0.25, 0.3) is 0 Å². The first-order chi connectivity index (χ1) is 6.11. The first-order valence-electron chi connectivity index (χ1n) is 3.46. The van der Waals surface area contributed by atoms with Crippen LogP contribution < -0.4 is 11.3 Å². The molecule has 0 aromatic rings. The van der Waals surface area contributed by atoms with Crippen molar-refractivity contribution in [3.8, 4) is 6.07 Å². The van der Waals surface area contributed by atoms with E-state index in [0.29, 0.717) is 0 Å². The van der Waals surface area contributed by atoms with Crippen molar-refractivity contribution in [3.05, 3.63) is 0 Å². The predicted molar refractivity (Wildman–Crippen MR) is 49.4 cm³/mol. The Bertz CT molecular complexity index is 237. The van der Waals surface area contributed by atoms with Crippen LogP contribution >= 0.6 is 12.2 Å². The van der Waals surface area contributed by atoms with Crippen LogP contribution in [0.25, 0.3) is 0 Å². The molecule has 0 heterocycles. The van der Waals surface area contributed by atoms with Crippen molar-refractivity contribution in [1.82, 2.24) is 10.3 Å². The average Bonchev–Trinajstić information content (AvgIpc) is 2.10. The number of hydrogen-bond acceptors (Lipinski definition) is 4. The van der Waals surface area contributed by atoms with Gasteiger partial charge in [0.15, 0.2) is 5.11 Å². The van der Waals surface area contributed by atoms with Crippen LogP contribution in [-0.2, 0) is 4.79 Å². The molecule has 6 nitrogen and oxygen atoms in total. The lowest BCUT2D eigenvalue weighted by Crippen LogP contribution is -2.45. The van der Waals surface area contributed by atoms with Crippen LogP contribution in [0.5, 0.6) is 0 Å². The van der Waals surface area contributed by atoms with Gasteiger partial charge >= 0.3 is 5.97 Å². The summed E-state index contributed by atoms with van der Waals surface area (Å²) >= 11 is 4.73. The average molecular weight is 202 g/mol.